The lowest BCUT2D eigenvalue weighted by Crippen LogP contribution is -2.76. The van der Waals surface area contributed by atoms with Crippen molar-refractivity contribution in [3.05, 3.63) is 70.8 Å². The van der Waals surface area contributed by atoms with E-state index >= 15 is 0 Å². The van der Waals surface area contributed by atoms with Crippen LogP contribution in [0.2, 0.25) is 0 Å². The number of esters is 2. The number of amides is 3. The van der Waals surface area contributed by atoms with Gasteiger partial charge < -0.3 is 33.6 Å². The van der Waals surface area contributed by atoms with E-state index in [2.05, 4.69) is 5.32 Å². The zero-order valence-corrected chi connectivity index (χ0v) is 39.3. The molecule has 2 heterocycles. The Morgan fingerprint density at radius 3 is 1.38 bits per heavy atom. The van der Waals surface area contributed by atoms with Crippen LogP contribution >= 0.6 is 34.8 Å². The maximum atomic E-state index is 12.9. The third-order valence-corrected chi connectivity index (χ3v) is 9.76. The monoisotopic (exact) mass is 1010 g/mol. The van der Waals surface area contributed by atoms with Crippen LogP contribution in [0.25, 0.3) is 0 Å². The van der Waals surface area contributed by atoms with Gasteiger partial charge in [-0.1, -0.05) is 31.7 Å². The normalized spacial score (nSPS) is 15.0. The number of hydrogen-bond acceptors (Lipinski definition) is 11. The van der Waals surface area contributed by atoms with E-state index in [-0.39, 0.29) is 65.8 Å². The molecule has 2 aromatic rings. The number of likely N-dealkylation sites (tertiary alicyclic amines) is 2. The predicted octanol–water partition coefficient (Wildman–Crippen LogP) is 8.80. The summed E-state index contributed by atoms with van der Waals surface area (Å²) in [6.45, 7) is 13.5. The molecule has 2 aliphatic rings. The van der Waals surface area contributed by atoms with E-state index in [1.54, 1.807) is 55.4 Å². The number of halogens is 9. The van der Waals surface area contributed by atoms with E-state index in [4.69, 9.17) is 53.8 Å². The van der Waals surface area contributed by atoms with Gasteiger partial charge in [0.2, 0.25) is 11.1 Å². The number of hydrogen-bond donors (Lipinski definition) is 1. The van der Waals surface area contributed by atoms with E-state index in [1.807, 2.05) is 0 Å². The molecule has 2 saturated heterocycles. The summed E-state index contributed by atoms with van der Waals surface area (Å²) < 4.78 is 97.4. The third kappa shape index (κ3) is 17.6. The number of benzene rings is 2. The van der Waals surface area contributed by atoms with Gasteiger partial charge in [-0.25, -0.2) is 19.2 Å². The van der Waals surface area contributed by atoms with Crippen molar-refractivity contribution in [1.82, 2.24) is 20.0 Å². The quantitative estimate of drug-likeness (QED) is 0.0712. The largest absolute Gasteiger partial charge is 0.465 e. The molecule has 3 amide bonds. The zero-order valence-electron chi connectivity index (χ0n) is 37.0. The van der Waals surface area contributed by atoms with Gasteiger partial charge in [0.05, 0.1) is 56.4 Å². The molecule has 66 heavy (non-hydrogen) atoms. The van der Waals surface area contributed by atoms with Crippen LogP contribution < -0.4 is 5.32 Å². The Bertz CT molecular complexity index is 1950. The second-order valence-electron chi connectivity index (χ2n) is 16.6. The Labute approximate surface area is 395 Å². The Hall–Kier alpha value is -4.53. The first-order valence-corrected chi connectivity index (χ1v) is 21.3. The molecule has 372 valence electrons. The Morgan fingerprint density at radius 1 is 0.652 bits per heavy atom. The van der Waals surface area contributed by atoms with Crippen molar-refractivity contribution in [3.63, 3.8) is 0 Å². The maximum Gasteiger partial charge on any atom is 0.416 e. The molecule has 0 saturated carbocycles. The lowest BCUT2D eigenvalue weighted by Gasteiger charge is -2.53. The van der Waals surface area contributed by atoms with Gasteiger partial charge in [-0.15, -0.1) is 23.2 Å². The lowest BCUT2D eigenvalue weighted by molar-refractivity contribution is -0.176. The highest BCUT2D eigenvalue weighted by Gasteiger charge is 2.59. The average molecular weight is 1010 g/mol. The van der Waals surface area contributed by atoms with Crippen LogP contribution in [0, 0.1) is 0 Å². The number of alkyl halides is 8. The van der Waals surface area contributed by atoms with Gasteiger partial charge in [-0.2, -0.15) is 26.3 Å². The molecule has 0 bridgehead atoms. The lowest BCUT2D eigenvalue weighted by atomic mass is 9.87. The molecular weight excluding hydrogens is 953 g/mol. The first-order chi connectivity index (χ1) is 29.9. The second kappa shape index (κ2) is 24.5. The summed E-state index contributed by atoms with van der Waals surface area (Å²) in [5.74, 6) is -2.43. The minimum Gasteiger partial charge on any atom is -0.465 e. The van der Waals surface area contributed by atoms with E-state index in [9.17, 15) is 55.1 Å². The molecule has 0 aromatic heterocycles. The summed E-state index contributed by atoms with van der Waals surface area (Å²) in [5.41, 5.74) is -4.70. The van der Waals surface area contributed by atoms with Crippen molar-refractivity contribution in [2.75, 3.05) is 51.2 Å². The summed E-state index contributed by atoms with van der Waals surface area (Å²) in [6, 6.07) is 8.90. The fourth-order valence-electron chi connectivity index (χ4n) is 5.97. The molecular formula is C43H57Cl3F6N4O10. The van der Waals surface area contributed by atoms with Gasteiger partial charge in [0.25, 0.3) is 0 Å². The van der Waals surface area contributed by atoms with Crippen LogP contribution in [-0.2, 0) is 63.6 Å². The highest BCUT2D eigenvalue weighted by Crippen LogP contribution is 2.35. The van der Waals surface area contributed by atoms with E-state index in [0.717, 1.165) is 29.2 Å². The van der Waals surface area contributed by atoms with Gasteiger partial charge in [0, 0.05) is 13.1 Å². The molecule has 0 spiro atoms. The zero-order chi connectivity index (χ0) is 49.8. The van der Waals surface area contributed by atoms with E-state index in [0.29, 0.717) is 11.1 Å². The van der Waals surface area contributed by atoms with Crippen molar-refractivity contribution < 1.29 is 74.1 Å². The number of carbonyl (C=O) groups excluding carboxylic acids is 6. The smallest absolute Gasteiger partial charge is 0.416 e. The standard InChI is InChI=1S/C21H26ClF3N2O5.C19H25F3N2O4.C2H2Cl2O.CH4/c1-5-31-17(29)20(12-26(13-20)18(30)32-19(2,3)4)27(16(28)10-22)11-14-6-8-15(9-7-14)21(23,24)25;1-5-27-15(25)18(11-24(12-18)16(26)28-17(2,3)4)23-10-13-6-8-14(9-7-13)19(20,21)22;3-1-2(4)5;/h6-9H,5,10-13H2,1-4H3;6-9,23H,5,10-12H2,1-4H3;1H2;1H4. The highest BCUT2D eigenvalue weighted by atomic mass is 35.5. The first-order valence-electron chi connectivity index (χ1n) is 19.8. The van der Waals surface area contributed by atoms with Crippen molar-refractivity contribution in [3.8, 4) is 0 Å². The fourth-order valence-corrected chi connectivity index (χ4v) is 6.12. The van der Waals surface area contributed by atoms with Crippen molar-refractivity contribution >= 4 is 70.1 Å². The molecule has 2 fully saturated rings. The van der Waals surface area contributed by atoms with Crippen LogP contribution in [0.3, 0.4) is 0 Å². The molecule has 0 radical (unpaired) electrons. The van der Waals surface area contributed by atoms with E-state index in [1.165, 1.54) is 34.1 Å². The van der Waals surface area contributed by atoms with Crippen molar-refractivity contribution in [2.45, 2.75) is 111 Å². The van der Waals surface area contributed by atoms with Gasteiger partial charge in [-0.3, -0.25) is 14.9 Å². The minimum atomic E-state index is -4.50. The summed E-state index contributed by atoms with van der Waals surface area (Å²) in [7, 11) is 0. The molecule has 1 N–H and O–H groups in total. The van der Waals surface area contributed by atoms with Crippen molar-refractivity contribution in [1.29, 1.82) is 0 Å². The molecule has 0 atom stereocenters. The number of nitrogens with zero attached hydrogens (tertiary/aromatic N) is 3. The Kier molecular flexibility index (Phi) is 22.1. The third-order valence-electron chi connectivity index (χ3n) is 9.02. The van der Waals surface area contributed by atoms with Crippen LogP contribution in [0.15, 0.2) is 48.5 Å². The number of carbonyl (C=O) groups is 6. The average Bonchev–Trinajstić information content (AvgIpc) is 3.15. The molecule has 14 nitrogen and oxygen atoms in total. The summed E-state index contributed by atoms with van der Waals surface area (Å²) in [5, 5.41) is 2.53. The number of nitrogens with one attached hydrogen (secondary N) is 1. The van der Waals surface area contributed by atoms with Gasteiger partial charge in [0.15, 0.2) is 11.1 Å². The SMILES string of the molecule is C.CCOC(=O)C1(N(Cc2ccc(C(F)(F)F)cc2)C(=O)CCl)CN(C(=O)OC(C)(C)C)C1.CCOC(=O)C1(NCc2ccc(C(F)(F)F)cc2)CN(C(=O)OC(C)(C)C)C1.O=C(Cl)CCl. The molecule has 0 unspecified atom stereocenters. The van der Waals surface area contributed by atoms with Gasteiger partial charge in [-0.05, 0) is 102 Å². The molecule has 0 aliphatic carbocycles. The predicted molar refractivity (Wildman–Crippen MR) is 234 cm³/mol. The highest BCUT2D eigenvalue weighted by molar-refractivity contribution is 6.67. The Balaban J connectivity index is 0.000000594. The molecule has 2 aliphatic heterocycles. The fraction of sp³-hybridized carbons (Fsp3) is 0.581. The minimum absolute atomic E-state index is 0. The number of rotatable bonds is 12. The van der Waals surface area contributed by atoms with Crippen LogP contribution in [0.1, 0.15) is 85.1 Å². The summed E-state index contributed by atoms with van der Waals surface area (Å²) in [4.78, 5) is 75.7. The van der Waals surface area contributed by atoms with Crippen LogP contribution in [0.5, 0.6) is 0 Å². The van der Waals surface area contributed by atoms with E-state index < -0.39 is 86.9 Å². The molecule has 2 aromatic carbocycles. The maximum absolute atomic E-state index is 12.9. The van der Waals surface area contributed by atoms with Gasteiger partial charge >= 0.3 is 36.5 Å². The van der Waals surface area contributed by atoms with Crippen LogP contribution in [0.4, 0.5) is 35.9 Å². The number of ether oxygens (including phenoxy) is 4. The summed E-state index contributed by atoms with van der Waals surface area (Å²) in [6.07, 6.45) is -10.1. The van der Waals surface area contributed by atoms with Crippen molar-refractivity contribution in [2.24, 2.45) is 0 Å². The Morgan fingerprint density at radius 2 is 1.03 bits per heavy atom. The molecule has 23 heteroatoms. The summed E-state index contributed by atoms with van der Waals surface area (Å²) >= 11 is 15.3. The van der Waals surface area contributed by atoms with Crippen LogP contribution in [-0.4, -0.2) is 123 Å². The van der Waals surface area contributed by atoms with Gasteiger partial charge in [0.1, 0.15) is 17.1 Å². The topological polar surface area (TPSA) is 161 Å². The first kappa shape index (κ1) is 59.5. The second-order valence-corrected chi connectivity index (χ2v) is 17.5. The molecule has 4 rings (SSSR count).